The van der Waals surface area contributed by atoms with Gasteiger partial charge in [0.05, 0.1) is 17.0 Å². The molecule has 1 aliphatic heterocycles. The zero-order valence-corrected chi connectivity index (χ0v) is 17.1. The predicted molar refractivity (Wildman–Crippen MR) is 111 cm³/mol. The van der Waals surface area contributed by atoms with Crippen LogP contribution in [0.1, 0.15) is 28.3 Å². The van der Waals surface area contributed by atoms with E-state index in [1.54, 1.807) is 34.9 Å². The number of aromatic nitrogens is 2. The van der Waals surface area contributed by atoms with E-state index >= 15 is 0 Å². The lowest BCUT2D eigenvalue weighted by molar-refractivity contribution is -0.147. The van der Waals surface area contributed by atoms with E-state index in [4.69, 9.17) is 17.3 Å². The number of hydrogen-bond acceptors (Lipinski definition) is 4. The Morgan fingerprint density at radius 2 is 2.03 bits per heavy atom. The molecular formula is C21H19ClFN5O3. The highest BCUT2D eigenvalue weighted by atomic mass is 35.5. The van der Waals surface area contributed by atoms with Crippen LogP contribution >= 0.6 is 11.6 Å². The van der Waals surface area contributed by atoms with Gasteiger partial charge in [0.15, 0.2) is 5.69 Å². The van der Waals surface area contributed by atoms with Gasteiger partial charge in [-0.15, -0.1) is 0 Å². The van der Waals surface area contributed by atoms with Gasteiger partial charge in [-0.1, -0.05) is 29.8 Å². The molecule has 3 N–H and O–H groups in total. The molecular weight excluding hydrogens is 425 g/mol. The Labute approximate surface area is 181 Å². The summed E-state index contributed by atoms with van der Waals surface area (Å²) in [5.41, 5.74) is 6.25. The molecule has 1 aliphatic rings. The molecule has 4 rings (SSSR count). The number of amides is 3. The smallest absolute Gasteiger partial charge is 0.269 e. The lowest BCUT2D eigenvalue weighted by Gasteiger charge is -2.39. The van der Waals surface area contributed by atoms with E-state index in [0.717, 1.165) is 0 Å². The molecule has 1 atom stereocenters. The van der Waals surface area contributed by atoms with E-state index in [2.05, 4.69) is 10.3 Å². The first-order chi connectivity index (χ1) is 14.9. The first-order valence-corrected chi connectivity index (χ1v) is 10.0. The number of fused-ring (bicyclic) bond motifs is 1. The van der Waals surface area contributed by atoms with Crippen LogP contribution in [0.2, 0.25) is 5.02 Å². The number of primary amides is 1. The average molecular weight is 444 g/mol. The first-order valence-electron chi connectivity index (χ1n) is 9.62. The van der Waals surface area contributed by atoms with Crippen LogP contribution < -0.4 is 11.1 Å². The quantitative estimate of drug-likeness (QED) is 0.604. The molecule has 1 unspecified atom stereocenters. The third kappa shape index (κ3) is 3.96. The first kappa shape index (κ1) is 20.8. The SMILES string of the molecule is NC(=O)c1nc(CC(=O)N2CCC2C(=O)NCc2cccc(Cl)c2F)n2ccccc12. The summed E-state index contributed by atoms with van der Waals surface area (Å²) in [6, 6.07) is 9.10. The van der Waals surface area contributed by atoms with Crippen molar-refractivity contribution in [1.29, 1.82) is 0 Å². The second-order valence-electron chi connectivity index (χ2n) is 7.20. The molecule has 0 saturated carbocycles. The van der Waals surface area contributed by atoms with Gasteiger partial charge in [0, 0.05) is 24.8 Å². The second kappa shape index (κ2) is 8.35. The highest BCUT2D eigenvalue weighted by Crippen LogP contribution is 2.22. The van der Waals surface area contributed by atoms with Crippen LogP contribution in [-0.2, 0) is 22.6 Å². The molecule has 0 aliphatic carbocycles. The number of nitrogens with zero attached hydrogens (tertiary/aromatic N) is 3. The standard InChI is InChI=1S/C21H19ClFN5O3/c22-13-5-3-4-12(18(13)23)11-25-21(31)15-7-9-28(15)17(29)10-16-26-19(20(24)30)14-6-1-2-8-27(14)16/h1-6,8,15H,7,9-11H2,(H2,24,30)(H,25,31). The molecule has 1 saturated heterocycles. The van der Waals surface area contributed by atoms with Crippen molar-refractivity contribution in [2.75, 3.05) is 6.54 Å². The predicted octanol–water partition coefficient (Wildman–Crippen LogP) is 1.69. The molecule has 0 bridgehead atoms. The molecule has 8 nitrogen and oxygen atoms in total. The van der Waals surface area contributed by atoms with E-state index < -0.39 is 17.8 Å². The fourth-order valence-electron chi connectivity index (χ4n) is 3.59. The number of halogens is 2. The zero-order valence-electron chi connectivity index (χ0n) is 16.3. The molecule has 3 aromatic rings. The Balaban J connectivity index is 1.43. The number of imidazole rings is 1. The summed E-state index contributed by atoms with van der Waals surface area (Å²) in [5.74, 6) is -1.57. The van der Waals surface area contributed by atoms with Gasteiger partial charge in [0.2, 0.25) is 11.8 Å². The Bertz CT molecular complexity index is 1190. The molecule has 0 radical (unpaired) electrons. The maximum atomic E-state index is 14.0. The van der Waals surface area contributed by atoms with Gasteiger partial charge in [0.25, 0.3) is 5.91 Å². The normalized spacial score (nSPS) is 15.5. The second-order valence-corrected chi connectivity index (χ2v) is 7.60. The number of nitrogens with one attached hydrogen (secondary N) is 1. The molecule has 0 spiro atoms. The number of pyridine rings is 1. The van der Waals surface area contributed by atoms with Crippen molar-refractivity contribution in [2.45, 2.75) is 25.4 Å². The van der Waals surface area contributed by atoms with Gasteiger partial charge in [-0.25, -0.2) is 9.37 Å². The largest absolute Gasteiger partial charge is 0.364 e. The topological polar surface area (TPSA) is 110 Å². The Morgan fingerprint density at radius 1 is 1.23 bits per heavy atom. The van der Waals surface area contributed by atoms with E-state index in [1.165, 1.54) is 17.0 Å². The molecule has 1 aromatic carbocycles. The molecule has 3 heterocycles. The highest BCUT2D eigenvalue weighted by molar-refractivity contribution is 6.30. The fraction of sp³-hybridized carbons (Fsp3) is 0.238. The minimum absolute atomic E-state index is 0.0190. The molecule has 160 valence electrons. The minimum Gasteiger partial charge on any atom is -0.364 e. The zero-order chi connectivity index (χ0) is 22.1. The molecule has 1 fully saturated rings. The van der Waals surface area contributed by atoms with Crippen molar-refractivity contribution in [3.8, 4) is 0 Å². The minimum atomic E-state index is -0.683. The number of nitrogens with two attached hydrogens (primary N) is 1. The average Bonchev–Trinajstić information content (AvgIpc) is 3.07. The van der Waals surface area contributed by atoms with Crippen LogP contribution in [0.25, 0.3) is 5.52 Å². The van der Waals surface area contributed by atoms with Gasteiger partial charge in [-0.2, -0.15) is 0 Å². The van der Waals surface area contributed by atoms with E-state index in [0.29, 0.717) is 24.3 Å². The van der Waals surface area contributed by atoms with Crippen molar-refractivity contribution >= 4 is 34.8 Å². The van der Waals surface area contributed by atoms with Crippen LogP contribution in [0.3, 0.4) is 0 Å². The third-order valence-corrected chi connectivity index (χ3v) is 5.58. The van der Waals surface area contributed by atoms with Crippen LogP contribution in [0.5, 0.6) is 0 Å². The molecule has 31 heavy (non-hydrogen) atoms. The lowest BCUT2D eigenvalue weighted by atomic mass is 10.0. The number of benzene rings is 1. The summed E-state index contributed by atoms with van der Waals surface area (Å²) in [5, 5.41) is 2.63. The number of likely N-dealkylation sites (tertiary alicyclic amines) is 1. The van der Waals surface area contributed by atoms with Gasteiger partial charge in [0.1, 0.15) is 17.7 Å². The van der Waals surface area contributed by atoms with Crippen LogP contribution in [0.4, 0.5) is 4.39 Å². The van der Waals surface area contributed by atoms with E-state index in [9.17, 15) is 18.8 Å². The monoisotopic (exact) mass is 443 g/mol. The number of carbonyl (C=O) groups is 3. The maximum Gasteiger partial charge on any atom is 0.269 e. The van der Waals surface area contributed by atoms with Gasteiger partial charge < -0.3 is 20.4 Å². The number of carbonyl (C=O) groups excluding carboxylic acids is 3. The summed E-state index contributed by atoms with van der Waals surface area (Å²) in [6.07, 6.45) is 2.10. The Kier molecular flexibility index (Phi) is 5.60. The van der Waals surface area contributed by atoms with E-state index in [-0.39, 0.29) is 41.1 Å². The third-order valence-electron chi connectivity index (χ3n) is 5.29. The Morgan fingerprint density at radius 3 is 2.74 bits per heavy atom. The van der Waals surface area contributed by atoms with Gasteiger partial charge in [-0.3, -0.25) is 14.4 Å². The highest BCUT2D eigenvalue weighted by Gasteiger charge is 2.37. The molecule has 2 aromatic heterocycles. The lowest BCUT2D eigenvalue weighted by Crippen LogP contribution is -2.58. The summed E-state index contributed by atoms with van der Waals surface area (Å²) in [6.45, 7) is 0.394. The summed E-state index contributed by atoms with van der Waals surface area (Å²) >= 11 is 5.76. The van der Waals surface area contributed by atoms with E-state index in [1.807, 2.05) is 0 Å². The number of rotatable bonds is 6. The van der Waals surface area contributed by atoms with Crippen molar-refractivity contribution < 1.29 is 18.8 Å². The fourth-order valence-corrected chi connectivity index (χ4v) is 3.78. The molecule has 10 heteroatoms. The van der Waals surface area contributed by atoms with Gasteiger partial charge in [-0.05, 0) is 24.6 Å². The van der Waals surface area contributed by atoms with Crippen molar-refractivity contribution in [3.63, 3.8) is 0 Å². The van der Waals surface area contributed by atoms with Crippen LogP contribution in [-0.4, -0.2) is 44.6 Å². The number of hydrogen-bond donors (Lipinski definition) is 2. The Hall–Kier alpha value is -3.46. The molecule has 3 amide bonds. The van der Waals surface area contributed by atoms with Crippen molar-refractivity contribution in [2.24, 2.45) is 5.73 Å². The van der Waals surface area contributed by atoms with Crippen molar-refractivity contribution in [3.05, 3.63) is 70.5 Å². The summed E-state index contributed by atoms with van der Waals surface area (Å²) in [4.78, 5) is 42.6. The van der Waals surface area contributed by atoms with Gasteiger partial charge >= 0.3 is 0 Å². The summed E-state index contributed by atoms with van der Waals surface area (Å²) in [7, 11) is 0. The van der Waals surface area contributed by atoms with Crippen molar-refractivity contribution in [1.82, 2.24) is 19.6 Å². The maximum absolute atomic E-state index is 14.0. The van der Waals surface area contributed by atoms with Crippen LogP contribution in [0, 0.1) is 5.82 Å². The summed E-state index contributed by atoms with van der Waals surface area (Å²) < 4.78 is 15.6. The van der Waals surface area contributed by atoms with Crippen LogP contribution in [0.15, 0.2) is 42.6 Å².